The van der Waals surface area contributed by atoms with Crippen molar-refractivity contribution in [2.24, 2.45) is 5.84 Å². The van der Waals surface area contributed by atoms with Crippen molar-refractivity contribution in [1.29, 1.82) is 0 Å². The van der Waals surface area contributed by atoms with Gasteiger partial charge in [-0.15, -0.1) is 0 Å². The van der Waals surface area contributed by atoms with Crippen molar-refractivity contribution in [1.82, 2.24) is 4.98 Å². The molecule has 0 atom stereocenters. The molecule has 26 heavy (non-hydrogen) atoms. The average molecular weight is 363 g/mol. The maximum absolute atomic E-state index is 13.0. The largest absolute Gasteiger partial charge is 0.507 e. The van der Waals surface area contributed by atoms with Crippen molar-refractivity contribution < 1.29 is 14.7 Å². The Labute approximate surface area is 153 Å². The van der Waals surface area contributed by atoms with Gasteiger partial charge in [0.1, 0.15) is 10.8 Å². The molecule has 7 heteroatoms. The van der Waals surface area contributed by atoms with E-state index in [-0.39, 0.29) is 28.2 Å². The van der Waals surface area contributed by atoms with Crippen LogP contribution in [0.2, 0.25) is 0 Å². The number of nitrogens with two attached hydrogens (primary N) is 1. The number of nitrogens with zero attached hydrogens (tertiary/aromatic N) is 1. The molecule has 2 aromatic carbocycles. The molecule has 0 saturated heterocycles. The van der Waals surface area contributed by atoms with E-state index in [4.69, 9.17) is 5.84 Å². The molecule has 0 unspecified atom stereocenters. The normalized spacial score (nSPS) is 12.5. The summed E-state index contributed by atoms with van der Waals surface area (Å²) in [6.45, 7) is 0. The van der Waals surface area contributed by atoms with Crippen molar-refractivity contribution in [2.45, 2.75) is 9.92 Å². The number of phenolic OH excluding ortho intramolecular Hbond substituents is 1. The Morgan fingerprint density at radius 3 is 2.23 bits per heavy atom. The van der Waals surface area contributed by atoms with Crippen LogP contribution in [0, 0.1) is 0 Å². The third-order valence-electron chi connectivity index (χ3n) is 4.14. The van der Waals surface area contributed by atoms with Crippen LogP contribution in [0.15, 0.2) is 64.6 Å². The molecule has 6 nitrogen and oxygen atoms in total. The highest BCUT2D eigenvalue weighted by molar-refractivity contribution is 7.99. The van der Waals surface area contributed by atoms with Crippen LogP contribution in [-0.4, -0.2) is 21.7 Å². The summed E-state index contributed by atoms with van der Waals surface area (Å²) in [6, 6.07) is 13.4. The van der Waals surface area contributed by atoms with Crippen LogP contribution in [0.3, 0.4) is 0 Å². The summed E-state index contributed by atoms with van der Waals surface area (Å²) in [6.07, 6.45) is 1.64. The number of aromatic nitrogens is 1. The van der Waals surface area contributed by atoms with Crippen LogP contribution in [0.4, 0.5) is 5.69 Å². The summed E-state index contributed by atoms with van der Waals surface area (Å²) in [4.78, 5) is 30.5. The topological polar surface area (TPSA) is 105 Å². The molecular weight excluding hydrogens is 350 g/mol. The number of nitrogens with one attached hydrogen (secondary N) is 1. The second-order valence-electron chi connectivity index (χ2n) is 5.64. The number of rotatable bonds is 3. The van der Waals surface area contributed by atoms with Gasteiger partial charge in [0.25, 0.3) is 0 Å². The summed E-state index contributed by atoms with van der Waals surface area (Å²) in [5, 5.41) is 11.1. The van der Waals surface area contributed by atoms with Crippen molar-refractivity contribution in [2.75, 3.05) is 5.43 Å². The van der Waals surface area contributed by atoms with Gasteiger partial charge in [-0.25, -0.2) is 4.98 Å². The number of hydrazine groups is 1. The molecule has 3 aromatic rings. The quantitative estimate of drug-likeness (QED) is 0.292. The average Bonchev–Trinajstić information content (AvgIpc) is 2.66. The number of phenols is 1. The van der Waals surface area contributed by atoms with Gasteiger partial charge in [0.2, 0.25) is 0 Å². The molecule has 0 spiro atoms. The molecule has 1 aliphatic carbocycles. The number of hydrogen-bond acceptors (Lipinski definition) is 7. The van der Waals surface area contributed by atoms with E-state index < -0.39 is 5.78 Å². The third-order valence-corrected chi connectivity index (χ3v) is 5.13. The number of carbonyl (C=O) groups excluding carboxylic acids is 2. The van der Waals surface area contributed by atoms with Crippen molar-refractivity contribution >= 4 is 29.0 Å². The number of ketones is 2. The highest BCUT2D eigenvalue weighted by Gasteiger charge is 2.35. The fourth-order valence-electron chi connectivity index (χ4n) is 2.99. The second kappa shape index (κ2) is 6.29. The molecule has 0 aliphatic heterocycles. The minimum Gasteiger partial charge on any atom is -0.507 e. The zero-order chi connectivity index (χ0) is 18.3. The number of carbonyl (C=O) groups is 2. The molecule has 0 bridgehead atoms. The Morgan fingerprint density at radius 1 is 0.962 bits per heavy atom. The van der Waals surface area contributed by atoms with Gasteiger partial charge in [-0.2, -0.15) is 0 Å². The Kier molecular flexibility index (Phi) is 3.95. The van der Waals surface area contributed by atoms with E-state index in [0.29, 0.717) is 21.2 Å². The van der Waals surface area contributed by atoms with Gasteiger partial charge in [-0.05, 0) is 18.2 Å². The van der Waals surface area contributed by atoms with Crippen LogP contribution in [0.1, 0.15) is 31.8 Å². The Bertz CT molecular complexity index is 1050. The van der Waals surface area contributed by atoms with Crippen LogP contribution in [0.5, 0.6) is 5.75 Å². The fraction of sp³-hybridized carbons (Fsp3) is 0. The Morgan fingerprint density at radius 2 is 1.62 bits per heavy atom. The fourth-order valence-corrected chi connectivity index (χ4v) is 3.91. The zero-order valence-electron chi connectivity index (χ0n) is 13.4. The van der Waals surface area contributed by atoms with Gasteiger partial charge in [-0.3, -0.25) is 15.4 Å². The number of hydrogen-bond donors (Lipinski definition) is 3. The lowest BCUT2D eigenvalue weighted by Crippen LogP contribution is -2.24. The van der Waals surface area contributed by atoms with E-state index in [1.54, 1.807) is 42.6 Å². The summed E-state index contributed by atoms with van der Waals surface area (Å²) in [7, 11) is 0. The van der Waals surface area contributed by atoms with Crippen molar-refractivity contribution in [3.05, 3.63) is 77.0 Å². The predicted octanol–water partition coefficient (Wildman–Crippen LogP) is 3.00. The smallest absolute Gasteiger partial charge is 0.198 e. The summed E-state index contributed by atoms with van der Waals surface area (Å²) in [5.41, 5.74) is 3.42. The number of anilines is 1. The third kappa shape index (κ3) is 2.45. The first-order chi connectivity index (χ1) is 12.6. The van der Waals surface area contributed by atoms with Gasteiger partial charge in [0.05, 0.1) is 16.8 Å². The monoisotopic (exact) mass is 363 g/mol. The van der Waals surface area contributed by atoms with Gasteiger partial charge in [0, 0.05) is 22.2 Å². The SMILES string of the molecule is NNc1c(Sc2ccccn2)cc(O)c2c1C(=O)c1ccccc1C2=O. The highest BCUT2D eigenvalue weighted by atomic mass is 32.2. The molecule has 1 heterocycles. The lowest BCUT2D eigenvalue weighted by molar-refractivity contribution is 0.0977. The molecule has 1 aromatic heterocycles. The lowest BCUT2D eigenvalue weighted by atomic mass is 9.83. The molecular formula is C19H13N3O3S. The molecule has 4 rings (SSSR count). The maximum Gasteiger partial charge on any atom is 0.198 e. The summed E-state index contributed by atoms with van der Waals surface area (Å²) >= 11 is 1.23. The maximum atomic E-state index is 13.0. The van der Waals surface area contributed by atoms with Gasteiger partial charge < -0.3 is 10.5 Å². The minimum absolute atomic E-state index is 0.0352. The van der Waals surface area contributed by atoms with Crippen LogP contribution in [-0.2, 0) is 0 Å². The zero-order valence-corrected chi connectivity index (χ0v) is 14.2. The number of pyridine rings is 1. The lowest BCUT2D eigenvalue weighted by Gasteiger charge is -2.22. The van der Waals surface area contributed by atoms with Crippen molar-refractivity contribution in [3.63, 3.8) is 0 Å². The van der Waals surface area contributed by atoms with E-state index in [0.717, 1.165) is 0 Å². The Hall–Kier alpha value is -3.16. The van der Waals surface area contributed by atoms with E-state index in [1.165, 1.54) is 17.8 Å². The molecule has 4 N–H and O–H groups in total. The van der Waals surface area contributed by atoms with E-state index in [9.17, 15) is 14.7 Å². The molecule has 0 saturated carbocycles. The standard InChI is InChI=1S/C19H13N3O3S/c20-22-17-13(26-14-7-3-4-8-21-14)9-12(23)15-16(17)19(25)11-6-2-1-5-10(11)18(15)24/h1-9,22-23H,20H2. The summed E-state index contributed by atoms with van der Waals surface area (Å²) in [5.74, 6) is 4.65. The second-order valence-corrected chi connectivity index (χ2v) is 6.70. The van der Waals surface area contributed by atoms with Crippen molar-refractivity contribution in [3.8, 4) is 5.75 Å². The first-order valence-electron chi connectivity index (χ1n) is 7.75. The van der Waals surface area contributed by atoms with E-state index in [2.05, 4.69) is 10.4 Å². The predicted molar refractivity (Wildman–Crippen MR) is 97.6 cm³/mol. The van der Waals surface area contributed by atoms with Crippen LogP contribution < -0.4 is 11.3 Å². The first-order valence-corrected chi connectivity index (χ1v) is 8.57. The number of aromatic hydroxyl groups is 1. The Balaban J connectivity index is 1.93. The van der Waals surface area contributed by atoms with Crippen LogP contribution >= 0.6 is 11.8 Å². The van der Waals surface area contributed by atoms with E-state index >= 15 is 0 Å². The number of nitrogen functional groups attached to an aromatic ring is 1. The minimum atomic E-state index is -0.404. The number of benzene rings is 2. The summed E-state index contributed by atoms with van der Waals surface area (Å²) < 4.78 is 0. The molecule has 128 valence electrons. The van der Waals surface area contributed by atoms with E-state index in [1.807, 2.05) is 6.07 Å². The molecule has 1 aliphatic rings. The van der Waals surface area contributed by atoms with Gasteiger partial charge in [0.15, 0.2) is 11.6 Å². The highest BCUT2D eigenvalue weighted by Crippen LogP contribution is 2.43. The first kappa shape index (κ1) is 16.3. The number of fused-ring (bicyclic) bond motifs is 2. The molecule has 0 radical (unpaired) electrons. The molecule has 0 amide bonds. The van der Waals surface area contributed by atoms with Gasteiger partial charge >= 0.3 is 0 Å². The van der Waals surface area contributed by atoms with Gasteiger partial charge in [-0.1, -0.05) is 42.1 Å². The molecule has 0 fully saturated rings. The van der Waals surface area contributed by atoms with Crippen LogP contribution in [0.25, 0.3) is 0 Å².